The Balaban J connectivity index is 2.16. The third kappa shape index (κ3) is 3.08. The van der Waals surface area contributed by atoms with E-state index in [9.17, 15) is 4.79 Å². The Bertz CT molecular complexity index is 692. The van der Waals surface area contributed by atoms with Crippen molar-refractivity contribution in [2.24, 2.45) is 0 Å². The first-order valence-electron chi connectivity index (χ1n) is 5.75. The number of carbonyl (C=O) groups is 1. The van der Waals surface area contributed by atoms with Crippen molar-refractivity contribution in [1.82, 2.24) is 0 Å². The molecule has 0 aliphatic carbocycles. The molecule has 0 saturated carbocycles. The van der Waals surface area contributed by atoms with Gasteiger partial charge in [0.25, 0.3) is 0 Å². The monoisotopic (exact) mass is 287 g/mol. The van der Waals surface area contributed by atoms with E-state index in [0.717, 1.165) is 5.56 Å². The van der Waals surface area contributed by atoms with Crippen LogP contribution in [0.25, 0.3) is 0 Å². The van der Waals surface area contributed by atoms with Crippen molar-refractivity contribution in [3.8, 4) is 11.8 Å². The van der Waals surface area contributed by atoms with Crippen molar-refractivity contribution in [3.05, 3.63) is 64.2 Å². The van der Waals surface area contributed by atoms with Gasteiger partial charge >= 0.3 is 5.97 Å². The third-order valence-corrected chi connectivity index (χ3v) is 3.00. The molecule has 0 aliphatic rings. The van der Waals surface area contributed by atoms with Gasteiger partial charge in [0.15, 0.2) is 0 Å². The molecule has 20 heavy (non-hydrogen) atoms. The smallest absolute Gasteiger partial charge is 0.335 e. The number of halogens is 1. The van der Waals surface area contributed by atoms with Crippen molar-refractivity contribution in [2.75, 3.05) is 0 Å². The molecule has 0 aliphatic heterocycles. The molecule has 0 spiro atoms. The van der Waals surface area contributed by atoms with Crippen molar-refractivity contribution in [1.29, 1.82) is 5.26 Å². The number of hydrogen-bond donors (Lipinski definition) is 1. The summed E-state index contributed by atoms with van der Waals surface area (Å²) in [5, 5.41) is 18.0. The fourth-order valence-corrected chi connectivity index (χ4v) is 1.90. The molecule has 0 bridgehead atoms. The topological polar surface area (TPSA) is 70.3 Å². The fourth-order valence-electron chi connectivity index (χ4n) is 1.66. The number of ether oxygens (including phenoxy) is 1. The highest BCUT2D eigenvalue weighted by atomic mass is 35.5. The second-order valence-corrected chi connectivity index (χ2v) is 4.42. The van der Waals surface area contributed by atoms with Gasteiger partial charge in [-0.15, -0.1) is 0 Å². The normalized spacial score (nSPS) is 9.80. The summed E-state index contributed by atoms with van der Waals surface area (Å²) in [6, 6.07) is 13.4. The van der Waals surface area contributed by atoms with Crippen LogP contribution in [0, 0.1) is 11.3 Å². The molecule has 4 nitrogen and oxygen atoms in total. The van der Waals surface area contributed by atoms with E-state index in [4.69, 9.17) is 26.7 Å². The highest BCUT2D eigenvalue weighted by molar-refractivity contribution is 6.32. The van der Waals surface area contributed by atoms with Gasteiger partial charge in [0.2, 0.25) is 0 Å². The summed E-state index contributed by atoms with van der Waals surface area (Å²) in [6.45, 7) is 0.190. The van der Waals surface area contributed by atoms with E-state index in [1.807, 2.05) is 6.07 Å². The number of benzene rings is 2. The minimum atomic E-state index is -1.05. The molecule has 0 radical (unpaired) electrons. The summed E-state index contributed by atoms with van der Waals surface area (Å²) in [6.07, 6.45) is 0. The molecular formula is C15H10ClNO3. The van der Waals surface area contributed by atoms with E-state index in [0.29, 0.717) is 11.3 Å². The zero-order chi connectivity index (χ0) is 14.5. The minimum Gasteiger partial charge on any atom is -0.487 e. The summed E-state index contributed by atoms with van der Waals surface area (Å²) in [4.78, 5) is 10.8. The number of carboxylic acid groups (broad SMARTS) is 1. The van der Waals surface area contributed by atoms with Crippen molar-refractivity contribution >= 4 is 17.6 Å². The fraction of sp³-hybridized carbons (Fsp3) is 0.0667. The molecule has 1 N–H and O–H groups in total. The summed E-state index contributed by atoms with van der Waals surface area (Å²) in [5.74, 6) is -0.669. The van der Waals surface area contributed by atoms with E-state index in [-0.39, 0.29) is 17.2 Å². The Morgan fingerprint density at radius 3 is 2.70 bits per heavy atom. The molecule has 0 fully saturated rings. The van der Waals surface area contributed by atoms with Crippen LogP contribution in [-0.4, -0.2) is 11.1 Å². The van der Waals surface area contributed by atoms with E-state index in [1.165, 1.54) is 18.2 Å². The number of rotatable bonds is 4. The molecule has 0 atom stereocenters. The van der Waals surface area contributed by atoms with Gasteiger partial charge in [-0.3, -0.25) is 0 Å². The van der Waals surface area contributed by atoms with Gasteiger partial charge in [-0.1, -0.05) is 29.8 Å². The first-order valence-corrected chi connectivity index (χ1v) is 6.13. The van der Waals surface area contributed by atoms with E-state index >= 15 is 0 Å². The number of nitriles is 1. The molecule has 0 unspecified atom stereocenters. The molecule has 100 valence electrons. The molecule has 0 aromatic heterocycles. The van der Waals surface area contributed by atoms with E-state index < -0.39 is 5.97 Å². The predicted molar refractivity (Wildman–Crippen MR) is 73.9 cm³/mol. The van der Waals surface area contributed by atoms with Gasteiger partial charge in [0.05, 0.1) is 22.2 Å². The Morgan fingerprint density at radius 1 is 1.30 bits per heavy atom. The van der Waals surface area contributed by atoms with Crippen LogP contribution in [0.4, 0.5) is 0 Å². The molecular weight excluding hydrogens is 278 g/mol. The number of hydrogen-bond acceptors (Lipinski definition) is 3. The van der Waals surface area contributed by atoms with Crippen molar-refractivity contribution < 1.29 is 14.6 Å². The number of carboxylic acids is 1. The van der Waals surface area contributed by atoms with Crippen LogP contribution in [0.15, 0.2) is 42.5 Å². The second kappa shape index (κ2) is 6.09. The van der Waals surface area contributed by atoms with Crippen LogP contribution >= 0.6 is 11.6 Å². The van der Waals surface area contributed by atoms with Crippen LogP contribution in [-0.2, 0) is 6.61 Å². The molecule has 2 aromatic rings. The van der Waals surface area contributed by atoms with Gasteiger partial charge < -0.3 is 9.84 Å². The largest absolute Gasteiger partial charge is 0.487 e. The van der Waals surface area contributed by atoms with Gasteiger partial charge in [0, 0.05) is 5.56 Å². The Hall–Kier alpha value is -2.51. The summed E-state index contributed by atoms with van der Waals surface area (Å²) < 4.78 is 5.52. The van der Waals surface area contributed by atoms with Gasteiger partial charge in [-0.05, 0) is 24.3 Å². The minimum absolute atomic E-state index is 0.0970. The Labute approximate surface area is 120 Å². The predicted octanol–water partition coefficient (Wildman–Crippen LogP) is 3.49. The van der Waals surface area contributed by atoms with Gasteiger partial charge in [0.1, 0.15) is 12.4 Å². The molecule has 0 heterocycles. The van der Waals surface area contributed by atoms with Crippen LogP contribution in [0.2, 0.25) is 5.02 Å². The van der Waals surface area contributed by atoms with E-state index in [2.05, 4.69) is 6.07 Å². The van der Waals surface area contributed by atoms with Gasteiger partial charge in [-0.25, -0.2) is 4.79 Å². The zero-order valence-electron chi connectivity index (χ0n) is 10.3. The maximum absolute atomic E-state index is 10.8. The molecule has 2 aromatic carbocycles. The molecule has 5 heteroatoms. The molecule has 2 rings (SSSR count). The first kappa shape index (κ1) is 13.9. The lowest BCUT2D eigenvalue weighted by Gasteiger charge is -2.09. The highest BCUT2D eigenvalue weighted by Crippen LogP contribution is 2.26. The molecule has 0 saturated heterocycles. The van der Waals surface area contributed by atoms with Crippen LogP contribution in [0.3, 0.4) is 0 Å². The lowest BCUT2D eigenvalue weighted by molar-refractivity contribution is 0.0697. The lowest BCUT2D eigenvalue weighted by Crippen LogP contribution is -2.00. The van der Waals surface area contributed by atoms with E-state index in [1.54, 1.807) is 18.2 Å². The maximum atomic E-state index is 10.8. The SMILES string of the molecule is N#Cc1ccccc1COc1ccc(C(=O)O)cc1Cl. The average Bonchev–Trinajstić information content (AvgIpc) is 2.46. The maximum Gasteiger partial charge on any atom is 0.335 e. The van der Waals surface area contributed by atoms with Gasteiger partial charge in [-0.2, -0.15) is 5.26 Å². The molecule has 0 amide bonds. The first-order chi connectivity index (χ1) is 9.61. The Morgan fingerprint density at radius 2 is 2.05 bits per heavy atom. The highest BCUT2D eigenvalue weighted by Gasteiger charge is 2.09. The summed E-state index contributed by atoms with van der Waals surface area (Å²) in [7, 11) is 0. The summed E-state index contributed by atoms with van der Waals surface area (Å²) >= 11 is 5.96. The van der Waals surface area contributed by atoms with Crippen molar-refractivity contribution in [2.45, 2.75) is 6.61 Å². The number of nitrogens with zero attached hydrogens (tertiary/aromatic N) is 1. The van der Waals surface area contributed by atoms with Crippen molar-refractivity contribution in [3.63, 3.8) is 0 Å². The number of aromatic carboxylic acids is 1. The second-order valence-electron chi connectivity index (χ2n) is 4.01. The summed E-state index contributed by atoms with van der Waals surface area (Å²) in [5.41, 5.74) is 1.37. The standard InChI is InChI=1S/C15H10ClNO3/c16-13-7-10(15(18)19)5-6-14(13)20-9-12-4-2-1-3-11(12)8-17/h1-7H,9H2,(H,18,19). The van der Waals surface area contributed by atoms with Crippen LogP contribution in [0.1, 0.15) is 21.5 Å². The average molecular weight is 288 g/mol. The lowest BCUT2D eigenvalue weighted by atomic mass is 10.1. The zero-order valence-corrected chi connectivity index (χ0v) is 11.1. The van der Waals surface area contributed by atoms with Crippen LogP contribution < -0.4 is 4.74 Å². The third-order valence-electron chi connectivity index (χ3n) is 2.70. The Kier molecular flexibility index (Phi) is 4.24. The quantitative estimate of drug-likeness (QED) is 0.934. The van der Waals surface area contributed by atoms with Crippen LogP contribution in [0.5, 0.6) is 5.75 Å².